The standard InChI is InChI=1S/C13H12BrNO2/c14-10-5-3-4-9-8-11(17-12(9)10)13(16)15-6-1-2-7-15/h3-5,8H,1-2,6-7H2. The Kier molecular flexibility index (Phi) is 2.67. The Labute approximate surface area is 108 Å². The molecule has 0 N–H and O–H groups in total. The quantitative estimate of drug-likeness (QED) is 0.807. The molecule has 1 aliphatic heterocycles. The lowest BCUT2D eigenvalue weighted by Crippen LogP contribution is -2.27. The number of hydrogen-bond acceptors (Lipinski definition) is 2. The molecule has 1 amide bonds. The predicted octanol–water partition coefficient (Wildman–Crippen LogP) is 3.43. The summed E-state index contributed by atoms with van der Waals surface area (Å²) in [6, 6.07) is 7.62. The SMILES string of the molecule is O=C(c1cc2cccc(Br)c2o1)N1CCCC1. The van der Waals surface area contributed by atoms with Gasteiger partial charge in [-0.25, -0.2) is 0 Å². The van der Waals surface area contributed by atoms with Crippen LogP contribution in [-0.4, -0.2) is 23.9 Å². The van der Waals surface area contributed by atoms with E-state index in [9.17, 15) is 4.79 Å². The number of para-hydroxylation sites is 1. The number of furan rings is 1. The molecule has 0 radical (unpaired) electrons. The van der Waals surface area contributed by atoms with Crippen LogP contribution in [0.15, 0.2) is 33.2 Å². The van der Waals surface area contributed by atoms with Crippen molar-refractivity contribution in [1.29, 1.82) is 0 Å². The maximum atomic E-state index is 12.1. The average molecular weight is 294 g/mol. The number of hydrogen-bond donors (Lipinski definition) is 0. The van der Waals surface area contributed by atoms with E-state index in [1.54, 1.807) is 0 Å². The number of rotatable bonds is 1. The summed E-state index contributed by atoms with van der Waals surface area (Å²) in [5, 5.41) is 0.960. The number of amides is 1. The van der Waals surface area contributed by atoms with E-state index >= 15 is 0 Å². The molecule has 1 aromatic carbocycles. The summed E-state index contributed by atoms with van der Waals surface area (Å²) in [4.78, 5) is 14.0. The highest BCUT2D eigenvalue weighted by Gasteiger charge is 2.22. The van der Waals surface area contributed by atoms with Gasteiger partial charge in [0, 0.05) is 18.5 Å². The van der Waals surface area contributed by atoms with Crippen LogP contribution >= 0.6 is 15.9 Å². The first kappa shape index (κ1) is 10.8. The molecule has 2 heterocycles. The lowest BCUT2D eigenvalue weighted by atomic mass is 10.2. The van der Waals surface area contributed by atoms with Crippen LogP contribution in [0.1, 0.15) is 23.4 Å². The van der Waals surface area contributed by atoms with Gasteiger partial charge in [0.05, 0.1) is 4.47 Å². The fourth-order valence-electron chi connectivity index (χ4n) is 2.21. The van der Waals surface area contributed by atoms with Crippen LogP contribution in [0.4, 0.5) is 0 Å². The normalized spacial score (nSPS) is 15.7. The molecule has 1 aliphatic rings. The maximum absolute atomic E-state index is 12.1. The molecule has 1 aromatic heterocycles. The molecule has 0 saturated carbocycles. The topological polar surface area (TPSA) is 33.5 Å². The highest BCUT2D eigenvalue weighted by Crippen LogP contribution is 2.28. The van der Waals surface area contributed by atoms with Gasteiger partial charge in [0.25, 0.3) is 5.91 Å². The zero-order valence-corrected chi connectivity index (χ0v) is 10.9. The first-order valence-electron chi connectivity index (χ1n) is 5.73. The van der Waals surface area contributed by atoms with E-state index in [2.05, 4.69) is 15.9 Å². The van der Waals surface area contributed by atoms with Gasteiger partial charge >= 0.3 is 0 Å². The highest BCUT2D eigenvalue weighted by molar-refractivity contribution is 9.10. The van der Waals surface area contributed by atoms with E-state index in [4.69, 9.17) is 4.42 Å². The molecule has 2 aromatic rings. The van der Waals surface area contributed by atoms with Gasteiger partial charge in [0.1, 0.15) is 5.58 Å². The summed E-state index contributed by atoms with van der Waals surface area (Å²) in [7, 11) is 0. The van der Waals surface area contributed by atoms with Gasteiger partial charge in [-0.05, 0) is 40.9 Å². The molecule has 88 valence electrons. The summed E-state index contributed by atoms with van der Waals surface area (Å²) >= 11 is 3.42. The molecular weight excluding hydrogens is 282 g/mol. The van der Waals surface area contributed by atoms with Crippen LogP contribution in [0.25, 0.3) is 11.0 Å². The van der Waals surface area contributed by atoms with Gasteiger partial charge in [-0.3, -0.25) is 4.79 Å². The van der Waals surface area contributed by atoms with Crippen molar-refractivity contribution in [3.63, 3.8) is 0 Å². The Morgan fingerprint density at radius 1 is 1.29 bits per heavy atom. The van der Waals surface area contributed by atoms with E-state index in [1.807, 2.05) is 29.2 Å². The Hall–Kier alpha value is -1.29. The van der Waals surface area contributed by atoms with E-state index in [0.717, 1.165) is 41.4 Å². The van der Waals surface area contributed by atoms with Crippen molar-refractivity contribution in [2.24, 2.45) is 0 Å². The van der Waals surface area contributed by atoms with Crippen LogP contribution in [-0.2, 0) is 0 Å². The second kappa shape index (κ2) is 4.18. The fourth-order valence-corrected chi connectivity index (χ4v) is 2.67. The molecule has 0 unspecified atom stereocenters. The largest absolute Gasteiger partial charge is 0.450 e. The molecule has 1 saturated heterocycles. The number of carbonyl (C=O) groups is 1. The van der Waals surface area contributed by atoms with Crippen LogP contribution in [0, 0.1) is 0 Å². The smallest absolute Gasteiger partial charge is 0.289 e. The van der Waals surface area contributed by atoms with Crippen LogP contribution in [0.2, 0.25) is 0 Å². The van der Waals surface area contributed by atoms with E-state index in [-0.39, 0.29) is 5.91 Å². The van der Waals surface area contributed by atoms with Gasteiger partial charge in [-0.2, -0.15) is 0 Å². The summed E-state index contributed by atoms with van der Waals surface area (Å²) in [5.74, 6) is 0.444. The minimum atomic E-state index is 0.00519. The van der Waals surface area contributed by atoms with Gasteiger partial charge < -0.3 is 9.32 Å². The number of carbonyl (C=O) groups excluding carboxylic acids is 1. The lowest BCUT2D eigenvalue weighted by molar-refractivity contribution is 0.0763. The summed E-state index contributed by atoms with van der Waals surface area (Å²) in [6.45, 7) is 1.69. The number of benzene rings is 1. The first-order valence-corrected chi connectivity index (χ1v) is 6.52. The molecular formula is C13H12BrNO2. The van der Waals surface area contributed by atoms with Gasteiger partial charge in [0.15, 0.2) is 5.76 Å². The van der Waals surface area contributed by atoms with Crippen molar-refractivity contribution in [3.8, 4) is 0 Å². The van der Waals surface area contributed by atoms with Crippen molar-refractivity contribution in [2.45, 2.75) is 12.8 Å². The molecule has 0 bridgehead atoms. The van der Waals surface area contributed by atoms with Crippen molar-refractivity contribution < 1.29 is 9.21 Å². The second-order valence-electron chi connectivity index (χ2n) is 4.27. The van der Waals surface area contributed by atoms with Crippen LogP contribution < -0.4 is 0 Å². The second-order valence-corrected chi connectivity index (χ2v) is 5.12. The van der Waals surface area contributed by atoms with Crippen LogP contribution in [0.5, 0.6) is 0 Å². The maximum Gasteiger partial charge on any atom is 0.289 e. The lowest BCUT2D eigenvalue weighted by Gasteiger charge is -2.12. The van der Waals surface area contributed by atoms with Crippen molar-refractivity contribution in [1.82, 2.24) is 4.90 Å². The minimum absolute atomic E-state index is 0.00519. The van der Waals surface area contributed by atoms with Gasteiger partial charge in [-0.1, -0.05) is 12.1 Å². The zero-order chi connectivity index (χ0) is 11.8. The molecule has 4 heteroatoms. The van der Waals surface area contributed by atoms with Gasteiger partial charge in [0.2, 0.25) is 0 Å². The Morgan fingerprint density at radius 3 is 2.76 bits per heavy atom. The Morgan fingerprint density at radius 2 is 2.06 bits per heavy atom. The molecule has 17 heavy (non-hydrogen) atoms. The third kappa shape index (κ3) is 1.86. The van der Waals surface area contributed by atoms with E-state index < -0.39 is 0 Å². The molecule has 0 atom stereocenters. The number of halogens is 1. The molecule has 3 nitrogen and oxygen atoms in total. The molecule has 0 aliphatic carbocycles. The van der Waals surface area contributed by atoms with Crippen LogP contribution in [0.3, 0.4) is 0 Å². The number of fused-ring (bicyclic) bond motifs is 1. The molecule has 1 fully saturated rings. The minimum Gasteiger partial charge on any atom is -0.450 e. The van der Waals surface area contributed by atoms with E-state index in [1.165, 1.54) is 0 Å². The van der Waals surface area contributed by atoms with Crippen molar-refractivity contribution >= 4 is 32.8 Å². The molecule has 0 spiro atoms. The number of likely N-dealkylation sites (tertiary alicyclic amines) is 1. The Bertz CT molecular complexity index is 570. The average Bonchev–Trinajstić information content (AvgIpc) is 2.98. The summed E-state index contributed by atoms with van der Waals surface area (Å²) < 4.78 is 6.52. The Balaban J connectivity index is 2.00. The van der Waals surface area contributed by atoms with Crippen molar-refractivity contribution in [3.05, 3.63) is 34.5 Å². The summed E-state index contributed by atoms with van der Waals surface area (Å²) in [5.41, 5.74) is 0.745. The fraction of sp³-hybridized carbons (Fsp3) is 0.308. The third-order valence-corrected chi connectivity index (χ3v) is 3.72. The van der Waals surface area contributed by atoms with E-state index in [0.29, 0.717) is 5.76 Å². The highest BCUT2D eigenvalue weighted by atomic mass is 79.9. The summed E-state index contributed by atoms with van der Waals surface area (Å²) in [6.07, 6.45) is 2.19. The zero-order valence-electron chi connectivity index (χ0n) is 9.28. The third-order valence-electron chi connectivity index (χ3n) is 3.10. The number of nitrogens with zero attached hydrogens (tertiary/aromatic N) is 1. The van der Waals surface area contributed by atoms with Gasteiger partial charge in [-0.15, -0.1) is 0 Å². The van der Waals surface area contributed by atoms with Crippen molar-refractivity contribution in [2.75, 3.05) is 13.1 Å². The predicted molar refractivity (Wildman–Crippen MR) is 69.1 cm³/mol. The first-order chi connectivity index (χ1) is 8.25. The molecule has 3 rings (SSSR count). The monoisotopic (exact) mass is 293 g/mol.